The lowest BCUT2D eigenvalue weighted by molar-refractivity contribution is 0.0991. The zero-order valence-electron chi connectivity index (χ0n) is 11.4. The maximum atomic E-state index is 14.0. The van der Waals surface area contributed by atoms with Gasteiger partial charge in [0.1, 0.15) is 0 Å². The van der Waals surface area contributed by atoms with Crippen molar-refractivity contribution in [2.75, 3.05) is 12.8 Å². The van der Waals surface area contributed by atoms with E-state index in [9.17, 15) is 9.18 Å². The van der Waals surface area contributed by atoms with Crippen molar-refractivity contribution >= 4 is 11.5 Å². The van der Waals surface area contributed by atoms with Crippen molar-refractivity contribution in [1.82, 2.24) is 0 Å². The number of anilines is 1. The Balaban J connectivity index is 2.31. The Morgan fingerprint density at radius 3 is 2.65 bits per heavy atom. The van der Waals surface area contributed by atoms with Crippen molar-refractivity contribution in [2.45, 2.75) is 13.3 Å². The first-order valence-electron chi connectivity index (χ1n) is 6.24. The topological polar surface area (TPSA) is 52.3 Å². The highest BCUT2D eigenvalue weighted by molar-refractivity contribution is 5.99. The van der Waals surface area contributed by atoms with E-state index < -0.39 is 5.82 Å². The Bertz CT molecular complexity index is 653. The number of ether oxygens (including phenoxy) is 1. The molecule has 2 aromatic carbocycles. The first-order valence-corrected chi connectivity index (χ1v) is 6.24. The van der Waals surface area contributed by atoms with Gasteiger partial charge in [-0.2, -0.15) is 0 Å². The summed E-state index contributed by atoms with van der Waals surface area (Å²) in [5.74, 6) is -0.522. The molecule has 4 heteroatoms. The van der Waals surface area contributed by atoms with Gasteiger partial charge in [0.25, 0.3) is 0 Å². The minimum atomic E-state index is -0.495. The van der Waals surface area contributed by atoms with Gasteiger partial charge < -0.3 is 10.5 Å². The molecule has 0 radical (unpaired) electrons. The molecule has 0 unspecified atom stereocenters. The predicted octanol–water partition coefficient (Wildman–Crippen LogP) is 3.15. The molecule has 0 aliphatic carbocycles. The highest BCUT2D eigenvalue weighted by Crippen LogP contribution is 2.23. The third-order valence-corrected chi connectivity index (χ3v) is 3.29. The number of ketones is 1. The summed E-state index contributed by atoms with van der Waals surface area (Å²) in [7, 11) is 1.39. The van der Waals surface area contributed by atoms with Crippen molar-refractivity contribution in [1.29, 1.82) is 0 Å². The van der Waals surface area contributed by atoms with Gasteiger partial charge in [0, 0.05) is 17.7 Å². The van der Waals surface area contributed by atoms with E-state index in [0.29, 0.717) is 16.8 Å². The molecule has 104 valence electrons. The lowest BCUT2D eigenvalue weighted by Gasteiger charge is -2.09. The number of benzene rings is 2. The van der Waals surface area contributed by atoms with Crippen LogP contribution < -0.4 is 10.5 Å². The van der Waals surface area contributed by atoms with Gasteiger partial charge in [-0.05, 0) is 30.2 Å². The van der Waals surface area contributed by atoms with E-state index >= 15 is 0 Å². The summed E-state index contributed by atoms with van der Waals surface area (Å²) >= 11 is 0. The van der Waals surface area contributed by atoms with Crippen LogP contribution in [0.2, 0.25) is 0 Å². The van der Waals surface area contributed by atoms with Crippen molar-refractivity contribution in [3.63, 3.8) is 0 Å². The van der Waals surface area contributed by atoms with E-state index in [1.807, 2.05) is 0 Å². The molecule has 0 atom stereocenters. The smallest absolute Gasteiger partial charge is 0.168 e. The fourth-order valence-corrected chi connectivity index (χ4v) is 2.07. The lowest BCUT2D eigenvalue weighted by Crippen LogP contribution is -2.08. The van der Waals surface area contributed by atoms with Crippen molar-refractivity contribution in [3.8, 4) is 5.75 Å². The third-order valence-electron chi connectivity index (χ3n) is 3.29. The Labute approximate surface area is 117 Å². The highest BCUT2D eigenvalue weighted by Gasteiger charge is 2.15. The molecule has 0 bridgehead atoms. The molecule has 2 N–H and O–H groups in total. The van der Waals surface area contributed by atoms with Crippen LogP contribution in [-0.4, -0.2) is 12.9 Å². The van der Waals surface area contributed by atoms with Crippen LogP contribution in [0.1, 0.15) is 21.5 Å². The zero-order valence-corrected chi connectivity index (χ0v) is 11.4. The fourth-order valence-electron chi connectivity index (χ4n) is 2.07. The number of carbonyl (C=O) groups is 1. The van der Waals surface area contributed by atoms with E-state index in [2.05, 4.69) is 0 Å². The summed E-state index contributed by atoms with van der Waals surface area (Å²) in [6, 6.07) is 9.92. The molecule has 2 rings (SSSR count). The Morgan fingerprint density at radius 2 is 1.95 bits per heavy atom. The second-order valence-corrected chi connectivity index (χ2v) is 4.55. The highest BCUT2D eigenvalue weighted by atomic mass is 19.1. The summed E-state index contributed by atoms with van der Waals surface area (Å²) in [5.41, 5.74) is 7.90. The largest absolute Gasteiger partial charge is 0.494 e. The average Bonchev–Trinajstić information content (AvgIpc) is 2.44. The number of Topliss-reactive ketones (excluding diaryl/α,β-unsaturated/α-hetero) is 1. The number of hydrogen-bond donors (Lipinski definition) is 1. The van der Waals surface area contributed by atoms with E-state index in [0.717, 1.165) is 5.56 Å². The second-order valence-electron chi connectivity index (χ2n) is 4.55. The van der Waals surface area contributed by atoms with Crippen LogP contribution in [0, 0.1) is 12.7 Å². The lowest BCUT2D eigenvalue weighted by atomic mass is 9.98. The Kier molecular flexibility index (Phi) is 4.03. The van der Waals surface area contributed by atoms with Gasteiger partial charge in [0.2, 0.25) is 0 Å². The molecule has 0 saturated heterocycles. The van der Waals surface area contributed by atoms with E-state index in [-0.39, 0.29) is 18.0 Å². The summed E-state index contributed by atoms with van der Waals surface area (Å²) < 4.78 is 18.9. The van der Waals surface area contributed by atoms with E-state index in [1.165, 1.54) is 13.2 Å². The van der Waals surface area contributed by atoms with Crippen LogP contribution in [0.15, 0.2) is 36.4 Å². The maximum Gasteiger partial charge on any atom is 0.168 e. The van der Waals surface area contributed by atoms with Crippen LogP contribution in [0.5, 0.6) is 5.75 Å². The standard InChI is InChI=1S/C16H16FNO2/c1-10-12(6-4-7-13(10)18)14(19)9-11-5-3-8-15(20-2)16(11)17/h3-8H,9,18H2,1-2H3. The van der Waals surface area contributed by atoms with Crippen LogP contribution in [0.4, 0.5) is 10.1 Å². The SMILES string of the molecule is COc1cccc(CC(=O)c2cccc(N)c2C)c1F. The molecular weight excluding hydrogens is 257 g/mol. The monoisotopic (exact) mass is 273 g/mol. The number of nitrogen functional groups attached to an aromatic ring is 1. The molecular formula is C16H16FNO2. The summed E-state index contributed by atoms with van der Waals surface area (Å²) in [6.07, 6.45) is -0.0205. The van der Waals surface area contributed by atoms with Gasteiger partial charge >= 0.3 is 0 Å². The molecule has 0 saturated carbocycles. The zero-order chi connectivity index (χ0) is 14.7. The molecule has 0 aromatic heterocycles. The van der Waals surface area contributed by atoms with Gasteiger partial charge in [-0.25, -0.2) is 4.39 Å². The summed E-state index contributed by atoms with van der Waals surface area (Å²) in [6.45, 7) is 1.78. The van der Waals surface area contributed by atoms with Gasteiger partial charge in [0.15, 0.2) is 17.3 Å². The minimum absolute atomic E-state index is 0.0205. The molecule has 0 aliphatic heterocycles. The Hall–Kier alpha value is -2.36. The number of methoxy groups -OCH3 is 1. The Morgan fingerprint density at radius 1 is 1.25 bits per heavy atom. The van der Waals surface area contributed by atoms with Gasteiger partial charge in [0.05, 0.1) is 7.11 Å². The maximum absolute atomic E-state index is 14.0. The fraction of sp³-hybridized carbons (Fsp3) is 0.188. The number of halogens is 1. The molecule has 0 amide bonds. The van der Waals surface area contributed by atoms with Crippen LogP contribution in [0.3, 0.4) is 0 Å². The van der Waals surface area contributed by atoms with E-state index in [1.54, 1.807) is 37.3 Å². The summed E-state index contributed by atoms with van der Waals surface area (Å²) in [5, 5.41) is 0. The van der Waals surface area contributed by atoms with E-state index in [4.69, 9.17) is 10.5 Å². The first-order chi connectivity index (χ1) is 9.54. The molecule has 3 nitrogen and oxygen atoms in total. The predicted molar refractivity (Wildman–Crippen MR) is 76.6 cm³/mol. The van der Waals surface area contributed by atoms with Gasteiger partial charge in [-0.1, -0.05) is 24.3 Å². The molecule has 0 aliphatic rings. The second kappa shape index (κ2) is 5.74. The van der Waals surface area contributed by atoms with Crippen LogP contribution >= 0.6 is 0 Å². The molecule has 0 heterocycles. The first kappa shape index (κ1) is 14.1. The van der Waals surface area contributed by atoms with Crippen LogP contribution in [0.25, 0.3) is 0 Å². The van der Waals surface area contributed by atoms with Crippen LogP contribution in [-0.2, 0) is 6.42 Å². The number of nitrogens with two attached hydrogens (primary N) is 1. The molecule has 2 aromatic rings. The molecule has 0 spiro atoms. The molecule has 20 heavy (non-hydrogen) atoms. The molecule has 0 fully saturated rings. The van der Waals surface area contributed by atoms with Crippen molar-refractivity contribution in [2.24, 2.45) is 0 Å². The van der Waals surface area contributed by atoms with Gasteiger partial charge in [-0.15, -0.1) is 0 Å². The normalized spacial score (nSPS) is 10.3. The van der Waals surface area contributed by atoms with Crippen molar-refractivity contribution < 1.29 is 13.9 Å². The minimum Gasteiger partial charge on any atom is -0.494 e. The quantitative estimate of drug-likeness (QED) is 0.687. The number of rotatable bonds is 4. The summed E-state index contributed by atoms with van der Waals surface area (Å²) in [4.78, 5) is 12.3. The van der Waals surface area contributed by atoms with Crippen molar-refractivity contribution in [3.05, 3.63) is 58.9 Å². The van der Waals surface area contributed by atoms with Gasteiger partial charge in [-0.3, -0.25) is 4.79 Å². The average molecular weight is 273 g/mol. The number of carbonyl (C=O) groups excluding carboxylic acids is 1. The number of hydrogen-bond acceptors (Lipinski definition) is 3. The third kappa shape index (κ3) is 2.64.